The number of ether oxygens (including phenoxy) is 1. The van der Waals surface area contributed by atoms with Crippen LogP contribution in [0, 0.1) is 5.92 Å². The molecule has 6 heteroatoms. The number of amides is 1. The number of nitrogens with two attached hydrogens (primary N) is 1. The first-order valence-electron chi connectivity index (χ1n) is 10.2. The van der Waals surface area contributed by atoms with Gasteiger partial charge in [-0.1, -0.05) is 39.3 Å². The van der Waals surface area contributed by atoms with Crippen LogP contribution in [-0.2, 0) is 14.3 Å². The van der Waals surface area contributed by atoms with Crippen LogP contribution < -0.4 is 5.73 Å². The number of morpholine rings is 1. The third kappa shape index (κ3) is 13.5. The smallest absolute Gasteiger partial charge is 0.330 e. The molecule has 0 aromatic rings. The second-order valence-corrected chi connectivity index (χ2v) is 8.47. The highest BCUT2D eigenvalue weighted by Gasteiger charge is 2.16. The van der Waals surface area contributed by atoms with Crippen molar-refractivity contribution in [2.45, 2.75) is 71.8 Å². The predicted molar refractivity (Wildman–Crippen MR) is 114 cm³/mol. The van der Waals surface area contributed by atoms with Crippen molar-refractivity contribution in [2.75, 3.05) is 26.3 Å². The standard InChI is InChI=1S/C14H27NO2.C8H13NO2/c1-11(8-6-10-14(3,4)15)7-5-9-12(2)13(16)17;1-7(2)8(10)9-3-5-11-6-4-9/h11H,2,5-10,15H2,1,3-4H3,(H,16,17);1,3-6H2,2H3. The van der Waals surface area contributed by atoms with E-state index >= 15 is 0 Å². The number of carboxylic acids is 1. The highest BCUT2D eigenvalue weighted by molar-refractivity contribution is 5.92. The fourth-order valence-corrected chi connectivity index (χ4v) is 2.86. The summed E-state index contributed by atoms with van der Waals surface area (Å²) in [7, 11) is 0. The van der Waals surface area contributed by atoms with Crippen LogP contribution in [0.15, 0.2) is 24.3 Å². The summed E-state index contributed by atoms with van der Waals surface area (Å²) < 4.78 is 5.11. The number of carboxylic acid groups (broad SMARTS) is 1. The Balaban J connectivity index is 0.000000567. The van der Waals surface area contributed by atoms with Crippen LogP contribution in [0.4, 0.5) is 0 Å². The van der Waals surface area contributed by atoms with Gasteiger partial charge in [-0.25, -0.2) is 4.79 Å². The lowest BCUT2D eigenvalue weighted by Gasteiger charge is -2.26. The fourth-order valence-electron chi connectivity index (χ4n) is 2.86. The number of rotatable bonds is 10. The molecule has 0 aromatic heterocycles. The van der Waals surface area contributed by atoms with E-state index in [1.165, 1.54) is 6.42 Å². The Morgan fingerprint density at radius 2 is 1.71 bits per heavy atom. The molecule has 28 heavy (non-hydrogen) atoms. The van der Waals surface area contributed by atoms with Crippen molar-refractivity contribution in [2.24, 2.45) is 11.7 Å². The van der Waals surface area contributed by atoms with E-state index in [0.717, 1.165) is 25.7 Å². The number of hydrogen-bond donors (Lipinski definition) is 2. The van der Waals surface area contributed by atoms with Gasteiger partial charge in [-0.2, -0.15) is 0 Å². The molecular formula is C22H40N2O4. The van der Waals surface area contributed by atoms with Crippen LogP contribution in [-0.4, -0.2) is 53.7 Å². The molecule has 1 atom stereocenters. The molecule has 162 valence electrons. The maximum Gasteiger partial charge on any atom is 0.330 e. The van der Waals surface area contributed by atoms with Crippen molar-refractivity contribution in [3.8, 4) is 0 Å². The maximum atomic E-state index is 11.3. The van der Waals surface area contributed by atoms with Crippen molar-refractivity contribution in [1.82, 2.24) is 4.90 Å². The molecule has 1 saturated heterocycles. The minimum Gasteiger partial charge on any atom is -0.478 e. The van der Waals surface area contributed by atoms with Crippen molar-refractivity contribution < 1.29 is 19.4 Å². The summed E-state index contributed by atoms with van der Waals surface area (Å²) in [6.45, 7) is 17.9. The minimum absolute atomic E-state index is 0.0494. The quantitative estimate of drug-likeness (QED) is 0.548. The second kappa shape index (κ2) is 13.5. The van der Waals surface area contributed by atoms with E-state index in [4.69, 9.17) is 15.6 Å². The SMILES string of the molecule is C=C(C)C(=O)N1CCOCC1.C=C(CCCC(C)CCCC(C)(C)N)C(=O)O. The monoisotopic (exact) mass is 396 g/mol. The third-order valence-corrected chi connectivity index (χ3v) is 4.66. The average molecular weight is 397 g/mol. The molecule has 0 radical (unpaired) electrons. The van der Waals surface area contributed by atoms with Crippen LogP contribution in [0.5, 0.6) is 0 Å². The van der Waals surface area contributed by atoms with Gasteiger partial charge in [0.05, 0.1) is 13.2 Å². The molecule has 0 bridgehead atoms. The predicted octanol–water partition coefficient (Wildman–Crippen LogP) is 3.76. The first kappa shape index (κ1) is 26.3. The third-order valence-electron chi connectivity index (χ3n) is 4.66. The Hall–Kier alpha value is -1.66. The van der Waals surface area contributed by atoms with Gasteiger partial charge in [-0.15, -0.1) is 0 Å². The lowest BCUT2D eigenvalue weighted by atomic mass is 9.92. The van der Waals surface area contributed by atoms with Crippen molar-refractivity contribution in [3.05, 3.63) is 24.3 Å². The van der Waals surface area contributed by atoms with Crippen LogP contribution in [0.3, 0.4) is 0 Å². The van der Waals surface area contributed by atoms with Gasteiger partial charge in [0.1, 0.15) is 0 Å². The fraction of sp³-hybridized carbons (Fsp3) is 0.727. The van der Waals surface area contributed by atoms with Gasteiger partial charge in [0, 0.05) is 29.8 Å². The number of carbonyl (C=O) groups is 2. The zero-order chi connectivity index (χ0) is 21.7. The number of aliphatic carboxylic acids is 1. The maximum absolute atomic E-state index is 11.3. The van der Waals surface area contributed by atoms with Gasteiger partial charge in [0.15, 0.2) is 0 Å². The second-order valence-electron chi connectivity index (χ2n) is 8.47. The number of nitrogens with zero attached hydrogens (tertiary/aromatic N) is 1. The summed E-state index contributed by atoms with van der Waals surface area (Å²) in [4.78, 5) is 23.6. The molecular weight excluding hydrogens is 356 g/mol. The van der Waals surface area contributed by atoms with E-state index in [-0.39, 0.29) is 11.4 Å². The van der Waals surface area contributed by atoms with Crippen LogP contribution >= 0.6 is 0 Å². The number of hydrogen-bond acceptors (Lipinski definition) is 4. The molecule has 1 unspecified atom stereocenters. The minimum atomic E-state index is -0.873. The van der Waals surface area contributed by atoms with Gasteiger partial charge in [-0.05, 0) is 46.0 Å². The van der Waals surface area contributed by atoms with E-state index in [1.54, 1.807) is 11.8 Å². The van der Waals surface area contributed by atoms with E-state index in [1.807, 2.05) is 0 Å². The molecule has 1 aliphatic rings. The zero-order valence-corrected chi connectivity index (χ0v) is 18.3. The van der Waals surface area contributed by atoms with Crippen LogP contribution in [0.1, 0.15) is 66.2 Å². The average Bonchev–Trinajstić information content (AvgIpc) is 2.61. The zero-order valence-electron chi connectivity index (χ0n) is 18.3. The van der Waals surface area contributed by atoms with Crippen molar-refractivity contribution >= 4 is 11.9 Å². The summed E-state index contributed by atoms with van der Waals surface area (Å²) in [5.41, 5.74) is 6.77. The van der Waals surface area contributed by atoms with Gasteiger partial charge < -0.3 is 20.5 Å². The Morgan fingerprint density at radius 1 is 1.18 bits per heavy atom. The lowest BCUT2D eigenvalue weighted by Crippen LogP contribution is -2.40. The molecule has 6 nitrogen and oxygen atoms in total. The Morgan fingerprint density at radius 3 is 2.18 bits per heavy atom. The van der Waals surface area contributed by atoms with Crippen LogP contribution in [0.2, 0.25) is 0 Å². The molecule has 0 spiro atoms. The summed E-state index contributed by atoms with van der Waals surface area (Å²) >= 11 is 0. The normalized spacial score (nSPS) is 15.2. The van der Waals surface area contributed by atoms with E-state index < -0.39 is 5.97 Å². The van der Waals surface area contributed by atoms with Gasteiger partial charge in [-0.3, -0.25) is 4.79 Å². The van der Waals surface area contributed by atoms with Crippen LogP contribution in [0.25, 0.3) is 0 Å². The highest BCUT2D eigenvalue weighted by atomic mass is 16.5. The summed E-state index contributed by atoms with van der Waals surface area (Å²) in [6, 6.07) is 0. The van der Waals surface area contributed by atoms with Crippen molar-refractivity contribution in [1.29, 1.82) is 0 Å². The highest BCUT2D eigenvalue weighted by Crippen LogP contribution is 2.19. The number of carbonyl (C=O) groups excluding carboxylic acids is 1. The molecule has 1 heterocycles. The van der Waals surface area contributed by atoms with E-state index in [0.29, 0.717) is 49.8 Å². The van der Waals surface area contributed by atoms with Gasteiger partial charge in [0.25, 0.3) is 0 Å². The largest absolute Gasteiger partial charge is 0.478 e. The molecule has 0 aliphatic carbocycles. The van der Waals surface area contributed by atoms with E-state index in [2.05, 4.69) is 33.9 Å². The summed E-state index contributed by atoms with van der Waals surface area (Å²) in [5, 5.41) is 8.66. The Labute approximate surface area is 170 Å². The first-order valence-corrected chi connectivity index (χ1v) is 10.2. The van der Waals surface area contributed by atoms with Crippen molar-refractivity contribution in [3.63, 3.8) is 0 Å². The molecule has 1 rings (SSSR count). The Kier molecular flexibility index (Phi) is 12.7. The van der Waals surface area contributed by atoms with Gasteiger partial charge >= 0.3 is 5.97 Å². The molecule has 1 amide bonds. The Bertz CT molecular complexity index is 517. The molecule has 0 saturated carbocycles. The molecule has 3 N–H and O–H groups in total. The molecule has 1 fully saturated rings. The lowest BCUT2D eigenvalue weighted by molar-refractivity contribution is -0.133. The van der Waals surface area contributed by atoms with Gasteiger partial charge in [0.2, 0.25) is 5.91 Å². The summed E-state index contributed by atoms with van der Waals surface area (Å²) in [5.74, 6) is -0.185. The topological polar surface area (TPSA) is 92.9 Å². The molecule has 0 aromatic carbocycles. The molecule has 1 aliphatic heterocycles. The first-order chi connectivity index (χ1) is 12.9. The van der Waals surface area contributed by atoms with E-state index in [9.17, 15) is 9.59 Å². The summed E-state index contributed by atoms with van der Waals surface area (Å²) in [6.07, 6.45) is 5.93.